The zero-order valence-corrected chi connectivity index (χ0v) is 19.1. The van der Waals surface area contributed by atoms with Crippen LogP contribution in [0.2, 0.25) is 0 Å². The van der Waals surface area contributed by atoms with Crippen LogP contribution in [0.25, 0.3) is 0 Å². The van der Waals surface area contributed by atoms with Crippen LogP contribution in [0.3, 0.4) is 0 Å². The smallest absolute Gasteiger partial charge is 0.251 e. The summed E-state index contributed by atoms with van der Waals surface area (Å²) in [6.07, 6.45) is 3.22. The van der Waals surface area contributed by atoms with Crippen molar-refractivity contribution in [2.75, 3.05) is 25.5 Å². The van der Waals surface area contributed by atoms with Gasteiger partial charge in [0, 0.05) is 31.7 Å². The van der Waals surface area contributed by atoms with Gasteiger partial charge in [0.25, 0.3) is 5.91 Å². The normalized spacial score (nSPS) is 33.0. The van der Waals surface area contributed by atoms with Crippen LogP contribution in [0.15, 0.2) is 23.1 Å². The molecule has 0 aromatic heterocycles. The molecule has 1 aliphatic heterocycles. The van der Waals surface area contributed by atoms with Gasteiger partial charge in [0.05, 0.1) is 11.8 Å². The van der Waals surface area contributed by atoms with Crippen LogP contribution in [0.1, 0.15) is 56.8 Å². The summed E-state index contributed by atoms with van der Waals surface area (Å²) in [5.41, 5.74) is 0.901. The minimum atomic E-state index is -3.81. The number of anilines is 1. The number of hydrogen-bond acceptors (Lipinski definition) is 5. The van der Waals surface area contributed by atoms with Gasteiger partial charge in [-0.2, -0.15) is 4.31 Å². The van der Waals surface area contributed by atoms with Crippen LogP contribution in [0.4, 0.5) is 5.69 Å². The number of carbonyl (C=O) groups is 1. The molecule has 3 N–H and O–H groups in total. The van der Waals surface area contributed by atoms with Gasteiger partial charge in [0.15, 0.2) is 0 Å². The Bertz CT molecular complexity index is 956. The summed E-state index contributed by atoms with van der Waals surface area (Å²) in [5.74, 6) is 0.374. The number of nitrogens with one attached hydrogen (secondary N) is 2. The van der Waals surface area contributed by atoms with Crippen molar-refractivity contribution in [3.05, 3.63) is 23.8 Å². The second-order valence-electron chi connectivity index (χ2n) is 10.1. The van der Waals surface area contributed by atoms with Gasteiger partial charge in [-0.05, 0) is 60.6 Å². The van der Waals surface area contributed by atoms with Crippen molar-refractivity contribution in [2.45, 2.75) is 63.5 Å². The van der Waals surface area contributed by atoms with Crippen molar-refractivity contribution in [1.29, 1.82) is 0 Å². The molecule has 7 nitrogen and oxygen atoms in total. The predicted octanol–water partition coefficient (Wildman–Crippen LogP) is 2.43. The fourth-order valence-electron chi connectivity index (χ4n) is 6.03. The summed E-state index contributed by atoms with van der Waals surface area (Å²) in [6, 6.07) is 4.83. The molecule has 1 unspecified atom stereocenters. The lowest BCUT2D eigenvalue weighted by Crippen LogP contribution is -2.52. The highest BCUT2D eigenvalue weighted by Crippen LogP contribution is 2.62. The number of aliphatic hydroxyl groups is 1. The number of rotatable bonds is 5. The SMILES string of the molecule is CNc1ccc(C(=O)NC2C(C)(C)[C@H]3CC[C@@]2(C)C3)cc1S(=O)(=O)N1CC[C@H](O)C1. The lowest BCUT2D eigenvalue weighted by Gasteiger charge is -2.43. The van der Waals surface area contributed by atoms with Crippen LogP contribution in [0.5, 0.6) is 0 Å². The zero-order chi connectivity index (χ0) is 21.9. The Balaban J connectivity index is 1.63. The molecule has 166 valence electrons. The van der Waals surface area contributed by atoms with Gasteiger partial charge in [0.2, 0.25) is 10.0 Å². The van der Waals surface area contributed by atoms with E-state index in [9.17, 15) is 18.3 Å². The summed E-state index contributed by atoms with van der Waals surface area (Å²) in [4.78, 5) is 13.3. The lowest BCUT2D eigenvalue weighted by molar-refractivity contribution is 0.0737. The van der Waals surface area contributed by atoms with E-state index < -0.39 is 16.1 Å². The topological polar surface area (TPSA) is 98.7 Å². The lowest BCUT2D eigenvalue weighted by atomic mass is 9.68. The Hall–Kier alpha value is -1.64. The predicted molar refractivity (Wildman–Crippen MR) is 116 cm³/mol. The minimum Gasteiger partial charge on any atom is -0.392 e. The zero-order valence-electron chi connectivity index (χ0n) is 18.2. The molecule has 4 atom stereocenters. The molecule has 2 aliphatic carbocycles. The first-order chi connectivity index (χ1) is 14.0. The van der Waals surface area contributed by atoms with Crippen LogP contribution >= 0.6 is 0 Å². The fourth-order valence-corrected chi connectivity index (χ4v) is 7.74. The van der Waals surface area contributed by atoms with E-state index in [1.165, 1.54) is 16.8 Å². The highest BCUT2D eigenvalue weighted by Gasteiger charge is 2.59. The molecule has 1 aromatic carbocycles. The molecule has 8 heteroatoms. The van der Waals surface area contributed by atoms with Gasteiger partial charge in [-0.3, -0.25) is 4.79 Å². The first-order valence-corrected chi connectivity index (χ1v) is 12.2. The highest BCUT2D eigenvalue weighted by molar-refractivity contribution is 7.89. The molecule has 0 spiro atoms. The molecule has 3 fully saturated rings. The van der Waals surface area contributed by atoms with E-state index in [1.54, 1.807) is 19.2 Å². The van der Waals surface area contributed by atoms with Crippen molar-refractivity contribution in [3.8, 4) is 0 Å². The number of nitrogens with zero attached hydrogens (tertiary/aromatic N) is 1. The molecule has 3 aliphatic rings. The molecule has 4 rings (SSSR count). The molecule has 0 radical (unpaired) electrons. The first kappa shape index (κ1) is 21.6. The third-order valence-electron chi connectivity index (χ3n) is 7.80. The van der Waals surface area contributed by atoms with Gasteiger partial charge in [-0.15, -0.1) is 0 Å². The third kappa shape index (κ3) is 3.33. The van der Waals surface area contributed by atoms with E-state index in [-0.39, 0.29) is 40.8 Å². The minimum absolute atomic E-state index is 0.0220. The maximum atomic E-state index is 13.2. The van der Waals surface area contributed by atoms with Gasteiger partial charge in [0.1, 0.15) is 4.90 Å². The van der Waals surface area contributed by atoms with Crippen LogP contribution < -0.4 is 10.6 Å². The quantitative estimate of drug-likeness (QED) is 0.660. The highest BCUT2D eigenvalue weighted by atomic mass is 32.2. The van der Waals surface area contributed by atoms with Crippen molar-refractivity contribution >= 4 is 21.6 Å². The molecule has 30 heavy (non-hydrogen) atoms. The van der Waals surface area contributed by atoms with Crippen LogP contribution in [-0.2, 0) is 10.0 Å². The van der Waals surface area contributed by atoms with Crippen molar-refractivity contribution in [1.82, 2.24) is 9.62 Å². The maximum absolute atomic E-state index is 13.2. The van der Waals surface area contributed by atoms with Gasteiger partial charge in [-0.1, -0.05) is 20.8 Å². The first-order valence-electron chi connectivity index (χ1n) is 10.8. The number of aliphatic hydroxyl groups excluding tert-OH is 1. The van der Waals surface area contributed by atoms with Crippen LogP contribution in [0, 0.1) is 16.7 Å². The van der Waals surface area contributed by atoms with Gasteiger partial charge < -0.3 is 15.7 Å². The summed E-state index contributed by atoms with van der Waals surface area (Å²) in [7, 11) is -2.15. The molecule has 2 bridgehead atoms. The van der Waals surface area contributed by atoms with Gasteiger partial charge in [-0.25, -0.2) is 8.42 Å². The molecule has 1 heterocycles. The van der Waals surface area contributed by atoms with E-state index >= 15 is 0 Å². The molecule has 1 saturated heterocycles. The van der Waals surface area contributed by atoms with Crippen molar-refractivity contribution in [3.63, 3.8) is 0 Å². The molecular weight excluding hydrogens is 402 g/mol. The number of hydrogen-bond donors (Lipinski definition) is 3. The number of sulfonamides is 1. The van der Waals surface area contributed by atoms with E-state index in [4.69, 9.17) is 0 Å². The Labute approximate surface area is 179 Å². The fraction of sp³-hybridized carbons (Fsp3) is 0.682. The molecule has 1 aromatic rings. The molecule has 2 saturated carbocycles. The summed E-state index contributed by atoms with van der Waals surface area (Å²) in [6.45, 7) is 7.07. The number of fused-ring (bicyclic) bond motifs is 2. The second kappa shape index (κ2) is 7.21. The number of β-amino-alcohol motifs (C(OH)–C–C–N with tert-alkyl or cyclic N) is 1. The van der Waals surface area contributed by atoms with E-state index in [0.717, 1.165) is 12.8 Å². The van der Waals surface area contributed by atoms with E-state index in [0.29, 0.717) is 23.6 Å². The monoisotopic (exact) mass is 435 g/mol. The number of carbonyl (C=O) groups excluding carboxylic acids is 1. The summed E-state index contributed by atoms with van der Waals surface area (Å²) >= 11 is 0. The third-order valence-corrected chi connectivity index (χ3v) is 9.71. The standard InChI is InChI=1S/C22H33N3O4S/c1-21(2)15-7-9-22(3,12-15)20(21)24-19(27)14-5-6-17(23-4)18(11-14)30(28,29)25-10-8-16(26)13-25/h5-6,11,15-16,20,23,26H,7-10,12-13H2,1-4H3,(H,24,27)/t15-,16-,20?,22-/m0/s1. The maximum Gasteiger partial charge on any atom is 0.251 e. The summed E-state index contributed by atoms with van der Waals surface area (Å²) in [5, 5.41) is 15.9. The van der Waals surface area contributed by atoms with Crippen LogP contribution in [-0.4, -0.2) is 56.0 Å². The number of benzene rings is 1. The van der Waals surface area contributed by atoms with Gasteiger partial charge >= 0.3 is 0 Å². The number of amides is 1. The van der Waals surface area contributed by atoms with E-state index in [2.05, 4.69) is 31.4 Å². The Morgan fingerprint density at radius 2 is 1.97 bits per heavy atom. The largest absolute Gasteiger partial charge is 0.392 e. The van der Waals surface area contributed by atoms with E-state index in [1.807, 2.05) is 0 Å². The Kier molecular flexibility index (Phi) is 5.19. The molecule has 1 amide bonds. The Morgan fingerprint density at radius 3 is 2.53 bits per heavy atom. The second-order valence-corrected chi connectivity index (χ2v) is 12.0. The average molecular weight is 436 g/mol. The molecular formula is C22H33N3O4S. The Morgan fingerprint density at radius 1 is 1.23 bits per heavy atom. The van der Waals surface area contributed by atoms with Crippen molar-refractivity contribution in [2.24, 2.45) is 16.7 Å². The summed E-state index contributed by atoms with van der Waals surface area (Å²) < 4.78 is 27.6. The average Bonchev–Trinajstić information content (AvgIpc) is 3.36. The van der Waals surface area contributed by atoms with Crippen molar-refractivity contribution < 1.29 is 18.3 Å².